The van der Waals surface area contributed by atoms with E-state index in [4.69, 9.17) is 11.6 Å². The average Bonchev–Trinajstić information content (AvgIpc) is 1.89. The molecule has 0 spiro atoms. The van der Waals surface area contributed by atoms with E-state index >= 15 is 0 Å². The molecule has 0 atom stereocenters. The molecule has 0 unspecified atom stereocenters. The highest BCUT2D eigenvalue weighted by Gasteiger charge is 2.39. The summed E-state index contributed by atoms with van der Waals surface area (Å²) in [5, 5.41) is 0. The van der Waals surface area contributed by atoms with Gasteiger partial charge < -0.3 is 4.74 Å². The number of carbonyl (C=O) groups excluding carboxylic acids is 1. The van der Waals surface area contributed by atoms with E-state index in [2.05, 4.69) is 4.74 Å². The zero-order valence-electron chi connectivity index (χ0n) is 5.36. The van der Waals surface area contributed by atoms with E-state index in [0.717, 1.165) is 0 Å². The van der Waals surface area contributed by atoms with Crippen molar-refractivity contribution in [3.63, 3.8) is 0 Å². The summed E-state index contributed by atoms with van der Waals surface area (Å²) in [5.74, 6) is -6.14. The molecule has 0 aromatic rings. The van der Waals surface area contributed by atoms with Crippen LogP contribution in [0.5, 0.6) is 0 Å². The van der Waals surface area contributed by atoms with Crippen molar-refractivity contribution in [1.29, 1.82) is 0 Å². The Morgan fingerprint density at radius 1 is 1.70 bits per heavy atom. The third kappa shape index (κ3) is 2.47. The van der Waals surface area contributed by atoms with Gasteiger partial charge in [-0.15, -0.1) is 11.6 Å². The maximum Gasteiger partial charge on any atom is 0.378 e. The van der Waals surface area contributed by atoms with Gasteiger partial charge in [0.25, 0.3) is 0 Å². The van der Waals surface area contributed by atoms with Gasteiger partial charge in [-0.25, -0.2) is 4.79 Å². The van der Waals surface area contributed by atoms with Gasteiger partial charge in [0.2, 0.25) is 0 Å². The van der Waals surface area contributed by atoms with Gasteiger partial charge in [0.05, 0.1) is 12.5 Å². The Morgan fingerprint density at radius 3 is 2.50 bits per heavy atom. The van der Waals surface area contributed by atoms with E-state index in [0.29, 0.717) is 0 Å². The second kappa shape index (κ2) is 3.71. The first-order valence-electron chi connectivity index (χ1n) is 2.65. The molecule has 0 amide bonds. The number of hydrogen-bond donors (Lipinski definition) is 0. The fourth-order valence-corrected chi connectivity index (χ4v) is 0.400. The van der Waals surface area contributed by atoms with Crippen LogP contribution in [-0.2, 0) is 9.53 Å². The van der Waals surface area contributed by atoms with Gasteiger partial charge in [-0.2, -0.15) is 8.78 Å². The van der Waals surface area contributed by atoms with Crippen molar-refractivity contribution in [2.45, 2.75) is 12.8 Å². The van der Waals surface area contributed by atoms with Crippen molar-refractivity contribution < 1.29 is 18.3 Å². The molecule has 2 nitrogen and oxygen atoms in total. The van der Waals surface area contributed by atoms with Crippen molar-refractivity contribution in [3.05, 3.63) is 0 Å². The van der Waals surface area contributed by atoms with Crippen LogP contribution in [-0.4, -0.2) is 24.4 Å². The number of esters is 1. The van der Waals surface area contributed by atoms with E-state index in [1.807, 2.05) is 0 Å². The normalized spacial score (nSPS) is 11.2. The highest BCUT2D eigenvalue weighted by molar-refractivity contribution is 6.20. The lowest BCUT2D eigenvalue weighted by atomic mass is 10.4. The summed E-state index contributed by atoms with van der Waals surface area (Å²) >= 11 is 4.77. The monoisotopic (exact) mass is 172 g/mol. The van der Waals surface area contributed by atoms with Crippen LogP contribution < -0.4 is 0 Å². The fourth-order valence-electron chi connectivity index (χ4n) is 0.291. The van der Waals surface area contributed by atoms with Crippen LogP contribution in [0.2, 0.25) is 0 Å². The summed E-state index contributed by atoms with van der Waals surface area (Å²) in [5.41, 5.74) is 0. The molecular weight excluding hydrogens is 166 g/mol. The van der Waals surface area contributed by atoms with E-state index in [1.165, 1.54) is 6.92 Å². The van der Waals surface area contributed by atoms with Gasteiger partial charge >= 0.3 is 11.9 Å². The molecule has 0 saturated carbocycles. The summed E-state index contributed by atoms with van der Waals surface area (Å²) in [6, 6.07) is 0. The van der Waals surface area contributed by atoms with Crippen LogP contribution in [0, 0.1) is 0 Å². The highest BCUT2D eigenvalue weighted by atomic mass is 35.5. The summed E-state index contributed by atoms with van der Waals surface area (Å²) in [6.45, 7) is 1.38. The van der Waals surface area contributed by atoms with E-state index in [-0.39, 0.29) is 6.61 Å². The number of ether oxygens (including phenoxy) is 1. The number of alkyl halides is 3. The smallest absolute Gasteiger partial charge is 0.378 e. The van der Waals surface area contributed by atoms with E-state index in [1.54, 1.807) is 0 Å². The molecule has 0 rings (SSSR count). The largest absolute Gasteiger partial charge is 0.462 e. The first kappa shape index (κ1) is 9.62. The number of carbonyl (C=O) groups is 1. The fraction of sp³-hybridized carbons (Fsp3) is 0.800. The molecule has 0 aliphatic rings. The Morgan fingerprint density at radius 2 is 2.20 bits per heavy atom. The van der Waals surface area contributed by atoms with Gasteiger partial charge in [0.15, 0.2) is 0 Å². The Hall–Kier alpha value is -0.380. The van der Waals surface area contributed by atoms with Gasteiger partial charge in [0, 0.05) is 0 Å². The maximum absolute atomic E-state index is 12.1. The highest BCUT2D eigenvalue weighted by Crippen LogP contribution is 2.16. The third-order valence-corrected chi connectivity index (χ3v) is 1.08. The van der Waals surface area contributed by atoms with Gasteiger partial charge in [0.1, 0.15) is 0 Å². The third-order valence-electron chi connectivity index (χ3n) is 0.742. The van der Waals surface area contributed by atoms with Gasteiger partial charge in [-0.3, -0.25) is 0 Å². The minimum absolute atomic E-state index is 0.0642. The zero-order chi connectivity index (χ0) is 8.20. The molecule has 10 heavy (non-hydrogen) atoms. The Kier molecular flexibility index (Phi) is 3.57. The van der Waals surface area contributed by atoms with Crippen LogP contribution in [0.1, 0.15) is 6.92 Å². The van der Waals surface area contributed by atoms with Crippen LogP contribution in [0.15, 0.2) is 0 Å². The lowest BCUT2D eigenvalue weighted by molar-refractivity contribution is -0.168. The molecule has 0 bridgehead atoms. The lowest BCUT2D eigenvalue weighted by Gasteiger charge is -2.09. The van der Waals surface area contributed by atoms with Crippen LogP contribution >= 0.6 is 11.6 Å². The Bertz CT molecular complexity index is 127. The Labute approximate surface area is 62.1 Å². The Balaban J connectivity index is 3.91. The van der Waals surface area contributed by atoms with Crippen molar-refractivity contribution in [2.24, 2.45) is 0 Å². The first-order chi connectivity index (χ1) is 4.54. The molecule has 0 aromatic heterocycles. The van der Waals surface area contributed by atoms with E-state index in [9.17, 15) is 13.6 Å². The van der Waals surface area contributed by atoms with E-state index < -0.39 is 17.8 Å². The van der Waals surface area contributed by atoms with Crippen molar-refractivity contribution >= 4 is 17.6 Å². The maximum atomic E-state index is 12.1. The predicted octanol–water partition coefficient (Wildman–Crippen LogP) is 1.42. The second-order valence-corrected chi connectivity index (χ2v) is 1.83. The van der Waals surface area contributed by atoms with Crippen molar-refractivity contribution in [1.82, 2.24) is 0 Å². The van der Waals surface area contributed by atoms with Crippen LogP contribution in [0.25, 0.3) is 0 Å². The van der Waals surface area contributed by atoms with Crippen LogP contribution in [0.3, 0.4) is 0 Å². The summed E-state index contributed by atoms with van der Waals surface area (Å²) in [7, 11) is 0. The molecule has 0 aliphatic carbocycles. The quantitative estimate of drug-likeness (QED) is 0.476. The summed E-state index contributed by atoms with van der Waals surface area (Å²) in [4.78, 5) is 10.2. The standard InChI is InChI=1S/C5H7ClF2O2/c1-2-10-4(9)5(7,8)3-6/h2-3H2,1H3. The molecule has 0 saturated heterocycles. The van der Waals surface area contributed by atoms with Gasteiger partial charge in [-0.1, -0.05) is 0 Å². The van der Waals surface area contributed by atoms with Crippen LogP contribution in [0.4, 0.5) is 8.78 Å². The molecular formula is C5H7ClF2O2. The molecule has 0 N–H and O–H groups in total. The summed E-state index contributed by atoms with van der Waals surface area (Å²) in [6.07, 6.45) is 0. The molecule has 0 fully saturated rings. The number of halogens is 3. The molecule has 60 valence electrons. The molecule has 0 radical (unpaired) electrons. The molecule has 0 aromatic carbocycles. The molecule has 0 heterocycles. The average molecular weight is 173 g/mol. The predicted molar refractivity (Wildman–Crippen MR) is 32.3 cm³/mol. The lowest BCUT2D eigenvalue weighted by Crippen LogP contribution is -2.32. The molecule has 0 aliphatic heterocycles. The first-order valence-corrected chi connectivity index (χ1v) is 3.19. The SMILES string of the molecule is CCOC(=O)C(F)(F)CCl. The second-order valence-electron chi connectivity index (χ2n) is 1.56. The minimum atomic E-state index is -3.54. The summed E-state index contributed by atoms with van der Waals surface area (Å²) < 4.78 is 28.3. The van der Waals surface area contributed by atoms with Gasteiger partial charge in [-0.05, 0) is 6.92 Å². The topological polar surface area (TPSA) is 26.3 Å². The van der Waals surface area contributed by atoms with Crippen molar-refractivity contribution in [3.8, 4) is 0 Å². The number of hydrogen-bond acceptors (Lipinski definition) is 2. The van der Waals surface area contributed by atoms with Crippen molar-refractivity contribution in [2.75, 3.05) is 12.5 Å². The minimum Gasteiger partial charge on any atom is -0.462 e. The molecule has 5 heteroatoms. The number of rotatable bonds is 3. The zero-order valence-corrected chi connectivity index (χ0v) is 6.12.